The van der Waals surface area contributed by atoms with Crippen molar-refractivity contribution < 1.29 is 32.3 Å². The van der Waals surface area contributed by atoms with Gasteiger partial charge in [0.15, 0.2) is 5.60 Å². The first-order valence-corrected chi connectivity index (χ1v) is 10.6. The molecule has 0 bridgehead atoms. The molecular weight excluding hydrogens is 437 g/mol. The van der Waals surface area contributed by atoms with Crippen molar-refractivity contribution in [3.63, 3.8) is 0 Å². The van der Waals surface area contributed by atoms with Crippen LogP contribution in [0.3, 0.4) is 0 Å². The van der Waals surface area contributed by atoms with Gasteiger partial charge in [0.2, 0.25) is 5.91 Å². The Kier molecular flexibility index (Phi) is 5.90. The van der Waals surface area contributed by atoms with Gasteiger partial charge in [0.1, 0.15) is 0 Å². The number of benzene rings is 2. The van der Waals surface area contributed by atoms with Gasteiger partial charge in [-0.05, 0) is 42.7 Å². The van der Waals surface area contributed by atoms with Crippen LogP contribution in [0.5, 0.6) is 0 Å². The summed E-state index contributed by atoms with van der Waals surface area (Å²) in [4.78, 5) is 39.4. The number of nitrogens with one attached hydrogen (secondary N) is 1. The first kappa shape index (κ1) is 22.8. The van der Waals surface area contributed by atoms with Crippen LogP contribution in [0.15, 0.2) is 48.5 Å². The number of nitrogens with zero attached hydrogens (tertiary/aromatic N) is 1. The van der Waals surface area contributed by atoms with Gasteiger partial charge in [0.25, 0.3) is 5.91 Å². The second-order valence-corrected chi connectivity index (χ2v) is 8.55. The van der Waals surface area contributed by atoms with Crippen molar-refractivity contribution in [3.8, 4) is 0 Å². The molecule has 2 atom stereocenters. The number of rotatable bonds is 5. The second-order valence-electron chi connectivity index (χ2n) is 8.55. The molecule has 0 saturated carbocycles. The van der Waals surface area contributed by atoms with Gasteiger partial charge in [-0.2, -0.15) is 13.2 Å². The molecule has 1 N–H and O–H groups in total. The second kappa shape index (κ2) is 8.53. The van der Waals surface area contributed by atoms with Gasteiger partial charge < -0.3 is 15.0 Å². The van der Waals surface area contributed by atoms with Gasteiger partial charge in [-0.15, -0.1) is 0 Å². The van der Waals surface area contributed by atoms with Crippen molar-refractivity contribution in [1.82, 2.24) is 10.2 Å². The first-order valence-electron chi connectivity index (χ1n) is 10.6. The lowest BCUT2D eigenvalue weighted by Gasteiger charge is -2.35. The number of cyclic esters (lactones) is 1. The van der Waals surface area contributed by atoms with Crippen molar-refractivity contribution in [2.75, 3.05) is 13.1 Å². The Hall–Kier alpha value is -3.36. The van der Waals surface area contributed by atoms with Crippen molar-refractivity contribution in [3.05, 3.63) is 70.8 Å². The molecule has 2 aromatic carbocycles. The quantitative estimate of drug-likeness (QED) is 0.692. The number of alkyl halides is 3. The molecule has 6 nitrogen and oxygen atoms in total. The third kappa shape index (κ3) is 4.72. The van der Waals surface area contributed by atoms with Crippen LogP contribution in [0.25, 0.3) is 0 Å². The van der Waals surface area contributed by atoms with E-state index in [1.165, 1.54) is 24.0 Å². The van der Waals surface area contributed by atoms with E-state index in [9.17, 15) is 27.6 Å². The van der Waals surface area contributed by atoms with E-state index in [0.717, 1.165) is 12.1 Å². The zero-order valence-corrected chi connectivity index (χ0v) is 17.9. The molecule has 0 spiro atoms. The van der Waals surface area contributed by atoms with Crippen molar-refractivity contribution in [1.29, 1.82) is 0 Å². The molecule has 4 rings (SSSR count). The topological polar surface area (TPSA) is 75.7 Å². The maximum Gasteiger partial charge on any atom is 0.416 e. The highest BCUT2D eigenvalue weighted by Gasteiger charge is 2.43. The SMILES string of the molecule is CC1(C(=O)NC(CN2CCCC2=O)c2cccc(C(F)(F)F)c2)Cc2ccccc2C(=O)O1. The van der Waals surface area contributed by atoms with E-state index in [2.05, 4.69) is 5.32 Å². The number of hydrogen-bond acceptors (Lipinski definition) is 4. The molecule has 0 aromatic heterocycles. The van der Waals surface area contributed by atoms with Gasteiger partial charge in [-0.1, -0.05) is 30.3 Å². The number of hydrogen-bond donors (Lipinski definition) is 1. The van der Waals surface area contributed by atoms with E-state index in [1.54, 1.807) is 24.3 Å². The monoisotopic (exact) mass is 460 g/mol. The molecule has 174 valence electrons. The highest BCUT2D eigenvalue weighted by molar-refractivity contribution is 5.97. The Bertz CT molecular complexity index is 1100. The van der Waals surface area contributed by atoms with Gasteiger partial charge in [0.05, 0.1) is 17.2 Å². The smallest absolute Gasteiger partial charge is 0.416 e. The average Bonchev–Trinajstić information content (AvgIpc) is 3.17. The lowest BCUT2D eigenvalue weighted by atomic mass is 9.89. The van der Waals surface area contributed by atoms with Crippen LogP contribution >= 0.6 is 0 Å². The Morgan fingerprint density at radius 2 is 1.94 bits per heavy atom. The number of ether oxygens (including phenoxy) is 1. The summed E-state index contributed by atoms with van der Waals surface area (Å²) in [7, 11) is 0. The Balaban J connectivity index is 1.62. The zero-order chi connectivity index (χ0) is 23.8. The van der Waals surface area contributed by atoms with Gasteiger partial charge in [-0.25, -0.2) is 4.79 Å². The van der Waals surface area contributed by atoms with Crippen molar-refractivity contribution >= 4 is 17.8 Å². The molecule has 0 radical (unpaired) electrons. The van der Waals surface area contributed by atoms with E-state index >= 15 is 0 Å². The fraction of sp³-hybridized carbons (Fsp3) is 0.375. The van der Waals surface area contributed by atoms with E-state index in [0.29, 0.717) is 30.5 Å². The standard InChI is InChI=1S/C24H23F3N2O4/c1-23(13-16-6-2-3-9-18(16)21(31)33-23)22(32)28-19(14-29-11-5-10-20(29)30)15-7-4-8-17(12-15)24(25,26)27/h2-4,6-9,12,19H,5,10-11,13-14H2,1H3,(H,28,32). The molecule has 2 aliphatic rings. The van der Waals surface area contributed by atoms with E-state index in [-0.39, 0.29) is 24.4 Å². The summed E-state index contributed by atoms with van der Waals surface area (Å²) in [6.45, 7) is 1.96. The number of likely N-dealkylation sites (tertiary alicyclic amines) is 1. The summed E-state index contributed by atoms with van der Waals surface area (Å²) < 4.78 is 45.3. The van der Waals surface area contributed by atoms with Crippen molar-refractivity contribution in [2.45, 2.75) is 44.0 Å². The van der Waals surface area contributed by atoms with Crippen LogP contribution in [-0.2, 0) is 26.9 Å². The normalized spacial score (nSPS) is 21.4. The third-order valence-corrected chi connectivity index (χ3v) is 6.06. The predicted molar refractivity (Wildman–Crippen MR) is 112 cm³/mol. The Morgan fingerprint density at radius 3 is 2.64 bits per heavy atom. The van der Waals surface area contributed by atoms with Gasteiger partial charge >= 0.3 is 12.1 Å². The number of amides is 2. The van der Waals surface area contributed by atoms with E-state index < -0.39 is 35.3 Å². The van der Waals surface area contributed by atoms with E-state index in [1.807, 2.05) is 0 Å². The Morgan fingerprint density at radius 1 is 1.18 bits per heavy atom. The highest BCUT2D eigenvalue weighted by Crippen LogP contribution is 2.32. The number of halogens is 3. The van der Waals surface area contributed by atoms with Crippen LogP contribution in [0.4, 0.5) is 13.2 Å². The summed E-state index contributed by atoms with van der Waals surface area (Å²) in [6.07, 6.45) is -3.43. The zero-order valence-electron chi connectivity index (χ0n) is 17.9. The highest BCUT2D eigenvalue weighted by atomic mass is 19.4. The summed E-state index contributed by atoms with van der Waals surface area (Å²) in [5.41, 5.74) is -1.16. The number of fused-ring (bicyclic) bond motifs is 1. The molecule has 2 aromatic rings. The summed E-state index contributed by atoms with van der Waals surface area (Å²) >= 11 is 0. The molecule has 1 fully saturated rings. The molecule has 1 saturated heterocycles. The molecule has 2 heterocycles. The largest absolute Gasteiger partial charge is 0.445 e. The van der Waals surface area contributed by atoms with Crippen LogP contribution in [0, 0.1) is 0 Å². The predicted octanol–water partition coefficient (Wildman–Crippen LogP) is 3.66. The fourth-order valence-electron chi connectivity index (χ4n) is 4.25. The van der Waals surface area contributed by atoms with Crippen molar-refractivity contribution in [2.24, 2.45) is 0 Å². The fourth-order valence-corrected chi connectivity index (χ4v) is 4.25. The van der Waals surface area contributed by atoms with Gasteiger partial charge in [0, 0.05) is 25.9 Å². The molecule has 9 heteroatoms. The van der Waals surface area contributed by atoms with Crippen LogP contribution in [0.2, 0.25) is 0 Å². The molecule has 2 amide bonds. The average molecular weight is 460 g/mol. The lowest BCUT2D eigenvalue weighted by Crippen LogP contribution is -2.53. The van der Waals surface area contributed by atoms with Crippen LogP contribution in [-0.4, -0.2) is 41.4 Å². The Labute approximate surface area is 188 Å². The van der Waals surface area contributed by atoms with Crippen LogP contribution < -0.4 is 5.32 Å². The molecule has 33 heavy (non-hydrogen) atoms. The number of carbonyl (C=O) groups is 3. The third-order valence-electron chi connectivity index (χ3n) is 6.06. The summed E-state index contributed by atoms with van der Waals surface area (Å²) in [5, 5.41) is 2.74. The number of esters is 1. The molecule has 2 unspecified atom stereocenters. The lowest BCUT2D eigenvalue weighted by molar-refractivity contribution is -0.141. The molecule has 0 aliphatic carbocycles. The molecule has 2 aliphatic heterocycles. The first-order chi connectivity index (χ1) is 15.6. The van der Waals surface area contributed by atoms with Gasteiger partial charge in [-0.3, -0.25) is 9.59 Å². The minimum Gasteiger partial charge on any atom is -0.445 e. The maximum atomic E-state index is 13.3. The molecular formula is C24H23F3N2O4. The minimum atomic E-state index is -4.55. The maximum absolute atomic E-state index is 13.3. The number of carbonyl (C=O) groups excluding carboxylic acids is 3. The summed E-state index contributed by atoms with van der Waals surface area (Å²) in [6, 6.07) is 10.5. The van der Waals surface area contributed by atoms with Crippen LogP contribution in [0.1, 0.15) is 52.9 Å². The minimum absolute atomic E-state index is 0.0203. The van der Waals surface area contributed by atoms with E-state index in [4.69, 9.17) is 4.74 Å². The summed E-state index contributed by atoms with van der Waals surface area (Å²) in [5.74, 6) is -1.40.